The lowest BCUT2D eigenvalue weighted by Gasteiger charge is -2.16. The number of benzene rings is 1. The van der Waals surface area contributed by atoms with Crippen molar-refractivity contribution in [1.29, 1.82) is 0 Å². The van der Waals surface area contributed by atoms with E-state index in [0.29, 0.717) is 0 Å². The lowest BCUT2D eigenvalue weighted by molar-refractivity contribution is -0.139. The lowest BCUT2D eigenvalue weighted by atomic mass is 10.0. The molecule has 0 radical (unpaired) electrons. The topological polar surface area (TPSA) is 66.4 Å². The minimum absolute atomic E-state index is 0.0405. The van der Waals surface area contributed by atoms with Gasteiger partial charge in [0.1, 0.15) is 17.7 Å². The molecule has 104 valence electrons. The SMILES string of the molecule is CC(C)C[C@H](NC(=O)c1cc(F)ccc1F)C(=O)O. The van der Waals surface area contributed by atoms with Crippen molar-refractivity contribution < 1.29 is 23.5 Å². The standard InChI is InChI=1S/C13H15F2NO3/c1-7(2)5-11(13(18)19)16-12(17)9-6-8(14)3-4-10(9)15/h3-4,6-7,11H,5H2,1-2H3,(H,16,17)(H,18,19)/t11-/m0/s1. The van der Waals surface area contributed by atoms with E-state index in [9.17, 15) is 18.4 Å². The number of carboxylic acid groups (broad SMARTS) is 1. The van der Waals surface area contributed by atoms with Crippen molar-refractivity contribution in [2.45, 2.75) is 26.3 Å². The third-order valence-electron chi connectivity index (χ3n) is 2.48. The van der Waals surface area contributed by atoms with Crippen molar-refractivity contribution in [1.82, 2.24) is 5.32 Å². The van der Waals surface area contributed by atoms with E-state index in [1.165, 1.54) is 0 Å². The molecule has 0 aliphatic rings. The van der Waals surface area contributed by atoms with E-state index >= 15 is 0 Å². The van der Waals surface area contributed by atoms with Crippen molar-refractivity contribution in [3.63, 3.8) is 0 Å². The van der Waals surface area contributed by atoms with Gasteiger partial charge < -0.3 is 10.4 Å². The fourth-order valence-corrected chi connectivity index (χ4v) is 1.60. The molecule has 1 amide bonds. The first-order valence-electron chi connectivity index (χ1n) is 5.80. The van der Waals surface area contributed by atoms with Gasteiger partial charge in [-0.25, -0.2) is 13.6 Å². The van der Waals surface area contributed by atoms with Gasteiger partial charge in [-0.05, 0) is 30.5 Å². The van der Waals surface area contributed by atoms with Gasteiger partial charge >= 0.3 is 5.97 Å². The van der Waals surface area contributed by atoms with Gasteiger partial charge in [0.25, 0.3) is 5.91 Å². The van der Waals surface area contributed by atoms with Crippen molar-refractivity contribution in [2.24, 2.45) is 5.92 Å². The van der Waals surface area contributed by atoms with E-state index in [1.807, 2.05) is 0 Å². The largest absolute Gasteiger partial charge is 0.480 e. The Balaban J connectivity index is 2.87. The highest BCUT2D eigenvalue weighted by Crippen LogP contribution is 2.11. The minimum atomic E-state index is -1.21. The maximum absolute atomic E-state index is 13.4. The first kappa shape index (κ1) is 15.1. The number of halogens is 2. The molecule has 6 heteroatoms. The lowest BCUT2D eigenvalue weighted by Crippen LogP contribution is -2.41. The van der Waals surface area contributed by atoms with Gasteiger partial charge in [0, 0.05) is 0 Å². The summed E-state index contributed by atoms with van der Waals surface area (Å²) in [5.41, 5.74) is -0.505. The molecular weight excluding hydrogens is 256 g/mol. The zero-order valence-electron chi connectivity index (χ0n) is 10.6. The second kappa shape index (κ2) is 6.26. The van der Waals surface area contributed by atoms with Gasteiger partial charge in [-0.15, -0.1) is 0 Å². The first-order valence-corrected chi connectivity index (χ1v) is 5.80. The Kier molecular flexibility index (Phi) is 4.97. The first-order chi connectivity index (χ1) is 8.81. The van der Waals surface area contributed by atoms with Crippen LogP contribution in [0.4, 0.5) is 8.78 Å². The van der Waals surface area contributed by atoms with Crippen molar-refractivity contribution >= 4 is 11.9 Å². The Labute approximate surface area is 109 Å². The van der Waals surface area contributed by atoms with Crippen molar-refractivity contribution in [3.8, 4) is 0 Å². The van der Waals surface area contributed by atoms with E-state index in [4.69, 9.17) is 5.11 Å². The van der Waals surface area contributed by atoms with E-state index in [0.717, 1.165) is 18.2 Å². The quantitative estimate of drug-likeness (QED) is 0.862. The van der Waals surface area contributed by atoms with Crippen LogP contribution in [-0.4, -0.2) is 23.0 Å². The fourth-order valence-electron chi connectivity index (χ4n) is 1.60. The van der Waals surface area contributed by atoms with Crippen LogP contribution in [0.2, 0.25) is 0 Å². The number of hydrogen-bond donors (Lipinski definition) is 2. The van der Waals surface area contributed by atoms with Crippen LogP contribution in [-0.2, 0) is 4.79 Å². The van der Waals surface area contributed by atoms with Crippen LogP contribution in [0, 0.1) is 17.6 Å². The number of carbonyl (C=O) groups is 2. The molecule has 0 unspecified atom stereocenters. The van der Waals surface area contributed by atoms with Gasteiger partial charge in [0.15, 0.2) is 0 Å². The van der Waals surface area contributed by atoms with E-state index < -0.39 is 35.1 Å². The minimum Gasteiger partial charge on any atom is -0.480 e. The molecule has 0 aromatic heterocycles. The summed E-state index contributed by atoms with van der Waals surface area (Å²) in [6.45, 7) is 3.59. The van der Waals surface area contributed by atoms with Crippen LogP contribution in [0.1, 0.15) is 30.6 Å². The Bertz CT molecular complexity index is 489. The molecule has 1 rings (SSSR count). The molecule has 1 aromatic rings. The summed E-state index contributed by atoms with van der Waals surface area (Å²) in [6.07, 6.45) is 0.206. The van der Waals surface area contributed by atoms with Gasteiger partial charge in [0.2, 0.25) is 0 Å². The number of carbonyl (C=O) groups excluding carboxylic acids is 1. The van der Waals surface area contributed by atoms with Crippen LogP contribution in [0.3, 0.4) is 0 Å². The molecule has 2 N–H and O–H groups in total. The van der Waals surface area contributed by atoms with Gasteiger partial charge in [-0.2, -0.15) is 0 Å². The van der Waals surface area contributed by atoms with Crippen LogP contribution in [0.15, 0.2) is 18.2 Å². The summed E-state index contributed by atoms with van der Waals surface area (Å²) in [5, 5.41) is 11.1. The van der Waals surface area contributed by atoms with E-state index in [2.05, 4.69) is 5.32 Å². The Morgan fingerprint density at radius 1 is 1.32 bits per heavy atom. The highest BCUT2D eigenvalue weighted by molar-refractivity contribution is 5.96. The molecule has 0 saturated carbocycles. The summed E-state index contributed by atoms with van der Waals surface area (Å²) in [6, 6.07) is 1.31. The monoisotopic (exact) mass is 271 g/mol. The summed E-state index contributed by atoms with van der Waals surface area (Å²) < 4.78 is 26.3. The molecule has 1 aromatic carbocycles. The Morgan fingerprint density at radius 3 is 2.47 bits per heavy atom. The number of carboxylic acids is 1. The zero-order valence-corrected chi connectivity index (χ0v) is 10.6. The summed E-state index contributed by atoms with van der Waals surface area (Å²) in [4.78, 5) is 22.7. The average molecular weight is 271 g/mol. The second-order valence-corrected chi connectivity index (χ2v) is 4.62. The molecular formula is C13H15F2NO3. The van der Waals surface area contributed by atoms with Gasteiger partial charge in [0.05, 0.1) is 5.56 Å². The normalized spacial score (nSPS) is 12.3. The second-order valence-electron chi connectivity index (χ2n) is 4.62. The maximum atomic E-state index is 13.4. The summed E-state index contributed by atoms with van der Waals surface area (Å²) in [7, 11) is 0. The molecule has 0 aliphatic heterocycles. The predicted molar refractivity (Wildman–Crippen MR) is 64.7 cm³/mol. The fraction of sp³-hybridized carbons (Fsp3) is 0.385. The molecule has 0 fully saturated rings. The number of aliphatic carboxylic acids is 1. The highest BCUT2D eigenvalue weighted by Gasteiger charge is 2.23. The van der Waals surface area contributed by atoms with Crippen LogP contribution in [0.25, 0.3) is 0 Å². The third-order valence-corrected chi connectivity index (χ3v) is 2.48. The van der Waals surface area contributed by atoms with Crippen molar-refractivity contribution in [3.05, 3.63) is 35.4 Å². The smallest absolute Gasteiger partial charge is 0.326 e. The maximum Gasteiger partial charge on any atom is 0.326 e. The van der Waals surface area contributed by atoms with Gasteiger partial charge in [-0.1, -0.05) is 13.8 Å². The van der Waals surface area contributed by atoms with Crippen molar-refractivity contribution in [2.75, 3.05) is 0 Å². The number of rotatable bonds is 5. The number of nitrogens with one attached hydrogen (secondary N) is 1. The van der Waals surface area contributed by atoms with Crippen LogP contribution >= 0.6 is 0 Å². The molecule has 0 bridgehead atoms. The van der Waals surface area contributed by atoms with Gasteiger partial charge in [-0.3, -0.25) is 4.79 Å². The number of hydrogen-bond acceptors (Lipinski definition) is 2. The summed E-state index contributed by atoms with van der Waals surface area (Å²) >= 11 is 0. The predicted octanol–water partition coefficient (Wildman–Crippen LogP) is 2.19. The Hall–Kier alpha value is -1.98. The average Bonchev–Trinajstić information content (AvgIpc) is 2.30. The highest BCUT2D eigenvalue weighted by atomic mass is 19.1. The molecule has 1 atom stereocenters. The van der Waals surface area contributed by atoms with Crippen LogP contribution < -0.4 is 5.32 Å². The molecule has 0 heterocycles. The molecule has 0 spiro atoms. The van der Waals surface area contributed by atoms with Crippen LogP contribution in [0.5, 0.6) is 0 Å². The molecule has 0 aliphatic carbocycles. The molecule has 19 heavy (non-hydrogen) atoms. The number of amides is 1. The molecule has 0 saturated heterocycles. The molecule has 4 nitrogen and oxygen atoms in total. The summed E-state index contributed by atoms with van der Waals surface area (Å²) in [5.74, 6) is -3.77. The van der Waals surface area contributed by atoms with E-state index in [1.54, 1.807) is 13.8 Å². The van der Waals surface area contributed by atoms with E-state index in [-0.39, 0.29) is 12.3 Å². The Morgan fingerprint density at radius 2 is 1.95 bits per heavy atom. The zero-order chi connectivity index (χ0) is 14.6. The third kappa shape index (κ3) is 4.31.